The van der Waals surface area contributed by atoms with Gasteiger partial charge in [-0.3, -0.25) is 9.59 Å². The molecule has 7 nitrogen and oxygen atoms in total. The van der Waals surface area contributed by atoms with Gasteiger partial charge in [0.2, 0.25) is 5.91 Å². The first-order valence-corrected chi connectivity index (χ1v) is 13.7. The van der Waals surface area contributed by atoms with Crippen LogP contribution in [0.25, 0.3) is 0 Å². The van der Waals surface area contributed by atoms with Crippen LogP contribution >= 0.6 is 34.4 Å². The number of nitrogens with zero attached hydrogens (tertiary/aromatic N) is 2. The summed E-state index contributed by atoms with van der Waals surface area (Å²) >= 11 is 4.24. The third-order valence-corrected chi connectivity index (χ3v) is 9.02. The molecule has 0 saturated carbocycles. The Kier molecular flexibility index (Phi) is 7.72. The second kappa shape index (κ2) is 10.1. The summed E-state index contributed by atoms with van der Waals surface area (Å²) in [6.45, 7) is 2.50. The molecule has 3 rings (SSSR count). The van der Waals surface area contributed by atoms with Crippen molar-refractivity contribution in [3.63, 3.8) is 0 Å². The van der Waals surface area contributed by atoms with E-state index < -0.39 is 9.84 Å². The van der Waals surface area contributed by atoms with Crippen molar-refractivity contribution >= 4 is 56.1 Å². The summed E-state index contributed by atoms with van der Waals surface area (Å²) < 4.78 is 29.4. The number of sulfone groups is 1. The number of thiazole rings is 1. The van der Waals surface area contributed by atoms with Crippen LogP contribution < -0.4 is 0 Å². The van der Waals surface area contributed by atoms with Crippen molar-refractivity contribution in [3.8, 4) is 0 Å². The summed E-state index contributed by atoms with van der Waals surface area (Å²) in [5.41, 5.74) is 0.626. The quantitative estimate of drug-likeness (QED) is 0.407. The van der Waals surface area contributed by atoms with Crippen molar-refractivity contribution in [3.05, 3.63) is 33.5 Å². The van der Waals surface area contributed by atoms with Crippen LogP contribution in [0.1, 0.15) is 23.9 Å². The minimum atomic E-state index is -3.08. The molecule has 11 heteroatoms. The topological polar surface area (TPSA) is 93.6 Å². The summed E-state index contributed by atoms with van der Waals surface area (Å²) in [4.78, 5) is 31.6. The van der Waals surface area contributed by atoms with Crippen molar-refractivity contribution in [1.82, 2.24) is 9.88 Å². The maximum absolute atomic E-state index is 12.9. The molecule has 2 aromatic heterocycles. The van der Waals surface area contributed by atoms with E-state index in [1.807, 2.05) is 17.5 Å². The molecule has 1 saturated heterocycles. The van der Waals surface area contributed by atoms with Gasteiger partial charge in [-0.15, -0.1) is 22.7 Å². The Morgan fingerprint density at radius 3 is 2.86 bits per heavy atom. The van der Waals surface area contributed by atoms with Crippen LogP contribution in [-0.4, -0.2) is 60.1 Å². The third kappa shape index (κ3) is 6.53. The van der Waals surface area contributed by atoms with Crippen molar-refractivity contribution in [2.24, 2.45) is 0 Å². The second-order valence-electron chi connectivity index (χ2n) is 6.53. The molecule has 0 radical (unpaired) electrons. The smallest absolute Gasteiger partial charge is 0.311 e. The highest BCUT2D eigenvalue weighted by Crippen LogP contribution is 2.26. The Morgan fingerprint density at radius 2 is 2.21 bits per heavy atom. The zero-order valence-electron chi connectivity index (χ0n) is 15.9. The number of aromatic nitrogens is 1. The highest BCUT2D eigenvalue weighted by molar-refractivity contribution is 8.01. The van der Waals surface area contributed by atoms with Gasteiger partial charge in [0.15, 0.2) is 14.2 Å². The highest BCUT2D eigenvalue weighted by Gasteiger charge is 2.34. The lowest BCUT2D eigenvalue weighted by Gasteiger charge is -2.27. The van der Waals surface area contributed by atoms with Gasteiger partial charge in [0, 0.05) is 16.3 Å². The largest absolute Gasteiger partial charge is 0.466 e. The standard InChI is InChI=1S/C18H22N2O5S4/c1-2-25-17(22)8-13-10-27-18(19-13)28-11-16(21)20(9-15-4-3-6-26-15)14-5-7-29(23,24)12-14/h3-4,6,10,14H,2,5,7-9,11-12H2,1H3/t14-/m1/s1. The van der Waals surface area contributed by atoms with E-state index in [-0.39, 0.29) is 41.6 Å². The maximum Gasteiger partial charge on any atom is 0.311 e. The molecule has 158 valence electrons. The Hall–Kier alpha value is -1.43. The van der Waals surface area contributed by atoms with Crippen molar-refractivity contribution in [1.29, 1.82) is 0 Å². The molecule has 1 aliphatic heterocycles. The Morgan fingerprint density at radius 1 is 1.38 bits per heavy atom. The van der Waals surface area contributed by atoms with E-state index in [2.05, 4.69) is 4.98 Å². The van der Waals surface area contributed by atoms with Gasteiger partial charge in [-0.05, 0) is 24.8 Å². The number of esters is 1. The maximum atomic E-state index is 12.9. The number of thioether (sulfide) groups is 1. The van der Waals surface area contributed by atoms with Crippen LogP contribution in [0.5, 0.6) is 0 Å². The SMILES string of the molecule is CCOC(=O)Cc1csc(SCC(=O)N(Cc2cccs2)[C@@H]2CCS(=O)(=O)C2)n1. The van der Waals surface area contributed by atoms with Crippen molar-refractivity contribution < 1.29 is 22.7 Å². The van der Waals surface area contributed by atoms with Crippen LogP contribution in [0.3, 0.4) is 0 Å². The van der Waals surface area contributed by atoms with Gasteiger partial charge in [0.1, 0.15) is 0 Å². The molecule has 0 aromatic carbocycles. The second-order valence-corrected chi connectivity index (χ2v) is 11.9. The molecule has 1 amide bonds. The number of ether oxygens (including phenoxy) is 1. The lowest BCUT2D eigenvalue weighted by Crippen LogP contribution is -2.41. The molecule has 29 heavy (non-hydrogen) atoms. The van der Waals surface area contributed by atoms with E-state index in [9.17, 15) is 18.0 Å². The van der Waals surface area contributed by atoms with E-state index in [0.717, 1.165) is 4.88 Å². The minimum Gasteiger partial charge on any atom is -0.466 e. The van der Waals surface area contributed by atoms with E-state index >= 15 is 0 Å². The third-order valence-electron chi connectivity index (χ3n) is 4.36. The molecule has 0 unspecified atom stereocenters. The molecule has 1 aliphatic rings. The number of amides is 1. The fourth-order valence-corrected chi connectivity index (χ4v) is 7.18. The van der Waals surface area contributed by atoms with Crippen LogP contribution in [0.2, 0.25) is 0 Å². The fourth-order valence-electron chi connectivity index (χ4n) is 3.01. The van der Waals surface area contributed by atoms with Gasteiger partial charge >= 0.3 is 5.97 Å². The number of rotatable bonds is 9. The lowest BCUT2D eigenvalue weighted by atomic mass is 10.2. The summed E-state index contributed by atoms with van der Waals surface area (Å²) in [5.74, 6) is -0.102. The average Bonchev–Trinajstić information content (AvgIpc) is 3.39. The number of carbonyl (C=O) groups is 2. The Bertz CT molecular complexity index is 939. The highest BCUT2D eigenvalue weighted by atomic mass is 32.2. The van der Waals surface area contributed by atoms with Gasteiger partial charge in [0.05, 0.1) is 42.5 Å². The van der Waals surface area contributed by atoms with Crippen molar-refractivity contribution in [2.45, 2.75) is 36.7 Å². The average molecular weight is 475 g/mol. The first-order chi connectivity index (χ1) is 13.9. The van der Waals surface area contributed by atoms with Crippen LogP contribution in [0, 0.1) is 0 Å². The normalized spacial score (nSPS) is 17.9. The summed E-state index contributed by atoms with van der Waals surface area (Å²) in [6.07, 6.45) is 0.592. The molecular formula is C18H22N2O5S4. The van der Waals surface area contributed by atoms with Crippen LogP contribution in [0.4, 0.5) is 0 Å². The first kappa shape index (κ1) is 22.3. The van der Waals surface area contributed by atoms with Crippen molar-refractivity contribution in [2.75, 3.05) is 23.9 Å². The Balaban J connectivity index is 1.61. The summed E-state index contributed by atoms with van der Waals surface area (Å²) in [6, 6.07) is 3.58. The van der Waals surface area contributed by atoms with E-state index in [1.165, 1.54) is 23.1 Å². The zero-order chi connectivity index (χ0) is 20.9. The number of hydrogen-bond acceptors (Lipinski definition) is 9. The summed E-state index contributed by atoms with van der Waals surface area (Å²) in [5, 5.41) is 3.73. The molecule has 3 heterocycles. The molecule has 1 atom stereocenters. The van der Waals surface area contributed by atoms with Gasteiger partial charge in [-0.25, -0.2) is 13.4 Å². The molecule has 0 aliphatic carbocycles. The first-order valence-electron chi connectivity index (χ1n) is 9.11. The Labute approximate surface area is 182 Å². The molecule has 2 aromatic rings. The van der Waals surface area contributed by atoms with Gasteiger partial charge in [0.25, 0.3) is 0 Å². The van der Waals surface area contributed by atoms with Crippen LogP contribution in [0.15, 0.2) is 27.2 Å². The van der Waals surface area contributed by atoms with Crippen LogP contribution in [-0.2, 0) is 37.1 Å². The predicted molar refractivity (Wildman–Crippen MR) is 115 cm³/mol. The molecule has 1 fully saturated rings. The minimum absolute atomic E-state index is 0.0235. The van der Waals surface area contributed by atoms with E-state index in [1.54, 1.807) is 28.5 Å². The van der Waals surface area contributed by atoms with Gasteiger partial charge in [-0.2, -0.15) is 0 Å². The van der Waals surface area contributed by atoms with E-state index in [4.69, 9.17) is 4.74 Å². The zero-order valence-corrected chi connectivity index (χ0v) is 19.2. The molecular weight excluding hydrogens is 452 g/mol. The van der Waals surface area contributed by atoms with Gasteiger partial charge in [-0.1, -0.05) is 17.8 Å². The number of carbonyl (C=O) groups excluding carboxylic acids is 2. The molecule has 0 bridgehead atoms. The summed E-state index contributed by atoms with van der Waals surface area (Å²) in [7, 11) is -3.08. The van der Waals surface area contributed by atoms with E-state index in [0.29, 0.717) is 29.6 Å². The molecule has 0 N–H and O–H groups in total. The molecule has 0 spiro atoms. The monoisotopic (exact) mass is 474 g/mol. The lowest BCUT2D eigenvalue weighted by molar-refractivity contribution is -0.142. The van der Waals surface area contributed by atoms with Gasteiger partial charge < -0.3 is 9.64 Å². The number of hydrogen-bond donors (Lipinski definition) is 0. The predicted octanol–water partition coefficient (Wildman–Crippen LogP) is 2.62. The fraction of sp³-hybridized carbons (Fsp3) is 0.500. The number of thiophene rings is 1.